The lowest BCUT2D eigenvalue weighted by Gasteiger charge is -2.01. The zero-order valence-corrected chi connectivity index (χ0v) is 17.0. The molecule has 10 heteroatoms. The number of anilines is 1. The lowest BCUT2D eigenvalue weighted by molar-refractivity contribution is -0.112. The number of nitrogens with one attached hydrogen (secondary N) is 1. The second-order valence-corrected chi connectivity index (χ2v) is 7.01. The standard InChI is InChI=1S/C19H14N4O4S2/c1-26-17(25)12-5-3-11(4-6-12)15-8-7-14(27-15)9-13(10-20)16(24)21-18-22-19(28-2)23-29-18/h3-9H,1-2H3,(H,21,22,23,24). The number of aromatic nitrogens is 2. The zero-order valence-electron chi connectivity index (χ0n) is 15.3. The lowest BCUT2D eigenvalue weighted by Crippen LogP contribution is -2.13. The van der Waals surface area contributed by atoms with Crippen molar-refractivity contribution in [1.29, 1.82) is 5.26 Å². The summed E-state index contributed by atoms with van der Waals surface area (Å²) in [4.78, 5) is 27.9. The number of nitriles is 1. The highest BCUT2D eigenvalue weighted by Crippen LogP contribution is 2.24. The first-order valence-electron chi connectivity index (χ1n) is 8.13. The van der Waals surface area contributed by atoms with E-state index in [2.05, 4.69) is 19.4 Å². The molecule has 0 aliphatic rings. The predicted octanol–water partition coefficient (Wildman–Crippen LogP) is 3.85. The number of carbonyl (C=O) groups excluding carboxylic acids is 2. The van der Waals surface area contributed by atoms with Crippen LogP contribution in [0.1, 0.15) is 16.1 Å². The largest absolute Gasteiger partial charge is 0.465 e. The average molecular weight is 426 g/mol. The maximum absolute atomic E-state index is 12.3. The highest BCUT2D eigenvalue weighted by Gasteiger charge is 2.14. The summed E-state index contributed by atoms with van der Waals surface area (Å²) >= 11 is 2.39. The maximum atomic E-state index is 12.3. The molecule has 1 N–H and O–H groups in total. The summed E-state index contributed by atoms with van der Waals surface area (Å²) in [7, 11) is 1.32. The van der Waals surface area contributed by atoms with Gasteiger partial charge in [0.2, 0.25) is 10.3 Å². The van der Waals surface area contributed by atoms with Crippen LogP contribution in [-0.2, 0) is 9.53 Å². The van der Waals surface area contributed by atoms with Crippen LogP contribution in [0.15, 0.2) is 51.5 Å². The Balaban J connectivity index is 1.75. The number of hydrogen-bond acceptors (Lipinski definition) is 9. The highest BCUT2D eigenvalue weighted by molar-refractivity contribution is 7.98. The number of ether oxygens (including phenoxy) is 1. The Hall–Kier alpha value is -3.42. The molecule has 0 aliphatic carbocycles. The molecule has 2 aromatic heterocycles. The van der Waals surface area contributed by atoms with Gasteiger partial charge in [0, 0.05) is 23.2 Å². The molecule has 0 aliphatic heterocycles. The highest BCUT2D eigenvalue weighted by atomic mass is 32.2. The fraction of sp³-hybridized carbons (Fsp3) is 0.105. The first-order chi connectivity index (χ1) is 14.0. The molecule has 8 nitrogen and oxygen atoms in total. The predicted molar refractivity (Wildman–Crippen MR) is 109 cm³/mol. The van der Waals surface area contributed by atoms with Crippen molar-refractivity contribution in [3.8, 4) is 17.4 Å². The molecule has 0 spiro atoms. The molecule has 29 heavy (non-hydrogen) atoms. The van der Waals surface area contributed by atoms with Gasteiger partial charge in [-0.3, -0.25) is 10.1 Å². The molecule has 0 saturated heterocycles. The second kappa shape index (κ2) is 9.18. The monoisotopic (exact) mass is 426 g/mol. The maximum Gasteiger partial charge on any atom is 0.337 e. The Bertz CT molecular complexity index is 1110. The van der Waals surface area contributed by atoms with Crippen LogP contribution in [0.2, 0.25) is 0 Å². The van der Waals surface area contributed by atoms with E-state index in [1.165, 1.54) is 24.9 Å². The molecular weight excluding hydrogens is 412 g/mol. The summed E-state index contributed by atoms with van der Waals surface area (Å²) in [5, 5.41) is 12.7. The number of thioether (sulfide) groups is 1. The first-order valence-corrected chi connectivity index (χ1v) is 10.1. The van der Waals surface area contributed by atoms with Gasteiger partial charge in [0.15, 0.2) is 0 Å². The Morgan fingerprint density at radius 3 is 2.66 bits per heavy atom. The molecule has 1 aromatic carbocycles. The Kier molecular flexibility index (Phi) is 6.43. The fourth-order valence-electron chi connectivity index (χ4n) is 2.27. The smallest absolute Gasteiger partial charge is 0.337 e. The van der Waals surface area contributed by atoms with E-state index in [1.54, 1.807) is 36.4 Å². The van der Waals surface area contributed by atoms with Crippen LogP contribution in [0.25, 0.3) is 17.4 Å². The molecule has 2 heterocycles. The quantitative estimate of drug-likeness (QED) is 0.273. The molecule has 0 unspecified atom stereocenters. The van der Waals surface area contributed by atoms with E-state index in [1.807, 2.05) is 12.3 Å². The van der Waals surface area contributed by atoms with Crippen molar-refractivity contribution in [1.82, 2.24) is 9.36 Å². The van der Waals surface area contributed by atoms with E-state index in [4.69, 9.17) is 4.42 Å². The number of hydrogen-bond donors (Lipinski definition) is 1. The number of carbonyl (C=O) groups is 2. The van der Waals surface area contributed by atoms with Gasteiger partial charge in [-0.15, -0.1) is 0 Å². The van der Waals surface area contributed by atoms with Crippen LogP contribution in [-0.4, -0.2) is 34.6 Å². The van der Waals surface area contributed by atoms with Gasteiger partial charge in [-0.1, -0.05) is 23.9 Å². The van der Waals surface area contributed by atoms with Crippen LogP contribution < -0.4 is 5.32 Å². The number of amides is 1. The zero-order chi connectivity index (χ0) is 20.8. The van der Waals surface area contributed by atoms with Crippen molar-refractivity contribution >= 4 is 46.4 Å². The Morgan fingerprint density at radius 2 is 2.03 bits per heavy atom. The SMILES string of the molecule is COC(=O)c1ccc(-c2ccc(C=C(C#N)C(=O)Nc3nc(SC)ns3)o2)cc1. The van der Waals surface area contributed by atoms with Gasteiger partial charge in [-0.2, -0.15) is 14.6 Å². The third-order valence-electron chi connectivity index (χ3n) is 3.68. The molecule has 0 bridgehead atoms. The summed E-state index contributed by atoms with van der Waals surface area (Å²) in [6.07, 6.45) is 3.17. The minimum Gasteiger partial charge on any atom is -0.465 e. The van der Waals surface area contributed by atoms with E-state index in [0.29, 0.717) is 27.4 Å². The molecule has 0 radical (unpaired) electrons. The third kappa shape index (κ3) is 4.90. The van der Waals surface area contributed by atoms with Crippen molar-refractivity contribution in [3.05, 3.63) is 53.3 Å². The third-order valence-corrected chi connectivity index (χ3v) is 4.97. The number of furan rings is 1. The average Bonchev–Trinajstić information content (AvgIpc) is 3.40. The second-order valence-electron chi connectivity index (χ2n) is 5.48. The summed E-state index contributed by atoms with van der Waals surface area (Å²) in [6, 6.07) is 11.9. The number of methoxy groups -OCH3 is 1. The van der Waals surface area contributed by atoms with Gasteiger partial charge < -0.3 is 9.15 Å². The summed E-state index contributed by atoms with van der Waals surface area (Å²) in [6.45, 7) is 0. The van der Waals surface area contributed by atoms with Gasteiger partial charge in [-0.05, 0) is 30.5 Å². The van der Waals surface area contributed by atoms with Crippen molar-refractivity contribution in [2.45, 2.75) is 5.16 Å². The minimum absolute atomic E-state index is 0.132. The normalized spacial score (nSPS) is 11.0. The van der Waals surface area contributed by atoms with Gasteiger partial charge in [-0.25, -0.2) is 4.79 Å². The minimum atomic E-state index is -0.600. The molecule has 3 rings (SSSR count). The number of esters is 1. The Morgan fingerprint density at radius 1 is 1.28 bits per heavy atom. The van der Waals surface area contributed by atoms with Crippen molar-refractivity contribution in [2.75, 3.05) is 18.7 Å². The van der Waals surface area contributed by atoms with E-state index >= 15 is 0 Å². The van der Waals surface area contributed by atoms with Crippen molar-refractivity contribution in [2.24, 2.45) is 0 Å². The molecule has 0 atom stereocenters. The topological polar surface area (TPSA) is 118 Å². The molecule has 146 valence electrons. The number of rotatable bonds is 6. The Labute approximate surface area is 174 Å². The summed E-state index contributed by atoms with van der Waals surface area (Å²) in [5.74, 6) is -0.161. The van der Waals surface area contributed by atoms with Crippen LogP contribution in [0.3, 0.4) is 0 Å². The fourth-order valence-corrected chi connectivity index (χ4v) is 3.39. The molecule has 3 aromatic rings. The van der Waals surface area contributed by atoms with E-state index < -0.39 is 11.9 Å². The van der Waals surface area contributed by atoms with Crippen LogP contribution in [0, 0.1) is 11.3 Å². The molecule has 1 amide bonds. The van der Waals surface area contributed by atoms with E-state index in [0.717, 1.165) is 17.1 Å². The molecule has 0 saturated carbocycles. The van der Waals surface area contributed by atoms with Crippen LogP contribution in [0.4, 0.5) is 5.13 Å². The van der Waals surface area contributed by atoms with Crippen LogP contribution >= 0.6 is 23.3 Å². The molecule has 0 fully saturated rings. The van der Waals surface area contributed by atoms with E-state index in [9.17, 15) is 14.9 Å². The molecular formula is C19H14N4O4S2. The lowest BCUT2D eigenvalue weighted by atomic mass is 10.1. The first kappa shape index (κ1) is 20.3. The van der Waals surface area contributed by atoms with Gasteiger partial charge in [0.25, 0.3) is 5.91 Å². The van der Waals surface area contributed by atoms with Crippen LogP contribution in [0.5, 0.6) is 0 Å². The van der Waals surface area contributed by atoms with Gasteiger partial charge in [0.05, 0.1) is 12.7 Å². The van der Waals surface area contributed by atoms with E-state index in [-0.39, 0.29) is 5.57 Å². The number of nitrogens with zero attached hydrogens (tertiary/aromatic N) is 3. The van der Waals surface area contributed by atoms with Crippen molar-refractivity contribution in [3.63, 3.8) is 0 Å². The summed E-state index contributed by atoms with van der Waals surface area (Å²) < 4.78 is 14.4. The summed E-state index contributed by atoms with van der Waals surface area (Å²) in [5.41, 5.74) is 1.03. The number of benzene rings is 1. The van der Waals surface area contributed by atoms with Gasteiger partial charge in [0.1, 0.15) is 23.2 Å². The van der Waals surface area contributed by atoms with Crippen molar-refractivity contribution < 1.29 is 18.7 Å². The van der Waals surface area contributed by atoms with Gasteiger partial charge >= 0.3 is 5.97 Å².